The van der Waals surface area contributed by atoms with Gasteiger partial charge < -0.3 is 10.1 Å². The minimum atomic E-state index is -3.38. The summed E-state index contributed by atoms with van der Waals surface area (Å²) in [5.74, 6) is 0.712. The smallest absolute Gasteiger partial charge is 0.240 e. The van der Waals surface area contributed by atoms with E-state index in [0.29, 0.717) is 12.3 Å². The van der Waals surface area contributed by atoms with Gasteiger partial charge in [0.15, 0.2) is 0 Å². The van der Waals surface area contributed by atoms with Gasteiger partial charge in [0.05, 0.1) is 4.90 Å². The lowest BCUT2D eigenvalue weighted by molar-refractivity contribution is 0.167. The maximum atomic E-state index is 11.8. The molecule has 6 heteroatoms. The van der Waals surface area contributed by atoms with Crippen LogP contribution in [0, 0.1) is 0 Å². The molecule has 1 heterocycles. The van der Waals surface area contributed by atoms with Crippen LogP contribution < -0.4 is 14.8 Å². The zero-order valence-electron chi connectivity index (χ0n) is 11.1. The molecule has 0 unspecified atom stereocenters. The molecule has 5 nitrogen and oxygen atoms in total. The summed E-state index contributed by atoms with van der Waals surface area (Å²) in [5.41, 5.74) is 0. The Kier molecular flexibility index (Phi) is 4.79. The van der Waals surface area contributed by atoms with Crippen molar-refractivity contribution in [3.05, 3.63) is 24.3 Å². The fraction of sp³-hybridized carbons (Fsp3) is 0.538. The molecule has 1 aliphatic rings. The number of nitrogens with one attached hydrogen (secondary N) is 2. The lowest BCUT2D eigenvalue weighted by atomic mass is 10.1. The average molecular weight is 284 g/mol. The number of hydrogen-bond acceptors (Lipinski definition) is 4. The maximum Gasteiger partial charge on any atom is 0.240 e. The Bertz CT molecular complexity index is 493. The van der Waals surface area contributed by atoms with E-state index in [0.717, 1.165) is 25.9 Å². The highest BCUT2D eigenvalue weighted by molar-refractivity contribution is 7.89. The van der Waals surface area contributed by atoms with Gasteiger partial charge in [-0.25, -0.2) is 13.1 Å². The van der Waals surface area contributed by atoms with Crippen LogP contribution in [0.2, 0.25) is 0 Å². The van der Waals surface area contributed by atoms with Crippen LogP contribution in [0.25, 0.3) is 0 Å². The normalized spacial score (nSPS) is 20.2. The molecule has 0 radical (unpaired) electrons. The van der Waals surface area contributed by atoms with Gasteiger partial charge in [-0.3, -0.25) is 0 Å². The summed E-state index contributed by atoms with van der Waals surface area (Å²) >= 11 is 0. The van der Waals surface area contributed by atoms with Gasteiger partial charge in [0.25, 0.3) is 0 Å². The van der Waals surface area contributed by atoms with E-state index < -0.39 is 10.0 Å². The molecule has 0 aromatic heterocycles. The summed E-state index contributed by atoms with van der Waals surface area (Å²) in [5, 5.41) is 3.28. The fourth-order valence-corrected chi connectivity index (χ4v) is 3.12. The lowest BCUT2D eigenvalue weighted by Gasteiger charge is -2.23. The topological polar surface area (TPSA) is 67.4 Å². The van der Waals surface area contributed by atoms with Gasteiger partial charge >= 0.3 is 0 Å². The first kappa shape index (κ1) is 14.3. The third-order valence-corrected chi connectivity index (χ3v) is 4.58. The minimum absolute atomic E-state index is 0.171. The van der Waals surface area contributed by atoms with Crippen molar-refractivity contribution in [2.75, 3.05) is 19.6 Å². The number of piperidine rings is 1. The second kappa shape index (κ2) is 6.36. The van der Waals surface area contributed by atoms with Crippen LogP contribution in [-0.4, -0.2) is 34.2 Å². The van der Waals surface area contributed by atoms with Gasteiger partial charge in [0.2, 0.25) is 10.0 Å². The fourth-order valence-electron chi connectivity index (χ4n) is 2.08. The lowest BCUT2D eigenvalue weighted by Crippen LogP contribution is -2.37. The van der Waals surface area contributed by atoms with Crippen molar-refractivity contribution in [2.45, 2.75) is 30.8 Å². The van der Waals surface area contributed by atoms with Crippen LogP contribution in [0.15, 0.2) is 29.2 Å². The van der Waals surface area contributed by atoms with E-state index in [-0.39, 0.29) is 11.0 Å². The molecule has 0 bridgehead atoms. The zero-order chi connectivity index (χ0) is 13.7. The van der Waals surface area contributed by atoms with Crippen LogP contribution in [0.3, 0.4) is 0 Å². The van der Waals surface area contributed by atoms with Crippen LogP contribution >= 0.6 is 0 Å². The summed E-state index contributed by atoms with van der Waals surface area (Å²) in [6.45, 7) is 4.02. The molecule has 1 saturated heterocycles. The second-order valence-corrected chi connectivity index (χ2v) is 6.33. The van der Waals surface area contributed by atoms with Gasteiger partial charge in [-0.1, -0.05) is 6.92 Å². The molecule has 0 aliphatic carbocycles. The predicted molar refractivity (Wildman–Crippen MR) is 73.8 cm³/mol. The molecule has 1 fully saturated rings. The van der Waals surface area contributed by atoms with E-state index in [1.54, 1.807) is 31.2 Å². The Labute approximate surface area is 114 Å². The van der Waals surface area contributed by atoms with Crippen molar-refractivity contribution in [3.8, 4) is 5.75 Å². The Morgan fingerprint density at radius 1 is 1.37 bits per heavy atom. The molecule has 0 spiro atoms. The van der Waals surface area contributed by atoms with Crippen LogP contribution in [0.1, 0.15) is 19.8 Å². The van der Waals surface area contributed by atoms with Crippen molar-refractivity contribution in [1.82, 2.24) is 10.0 Å². The first-order chi connectivity index (χ1) is 9.12. The monoisotopic (exact) mass is 284 g/mol. The third kappa shape index (κ3) is 3.92. The molecule has 19 heavy (non-hydrogen) atoms. The Morgan fingerprint density at radius 2 is 2.11 bits per heavy atom. The van der Waals surface area contributed by atoms with Gasteiger partial charge in [0.1, 0.15) is 11.9 Å². The Balaban J connectivity index is 2.01. The van der Waals surface area contributed by atoms with Gasteiger partial charge in [-0.05, 0) is 43.7 Å². The van der Waals surface area contributed by atoms with Crippen molar-refractivity contribution in [2.24, 2.45) is 0 Å². The van der Waals surface area contributed by atoms with E-state index in [9.17, 15) is 8.42 Å². The van der Waals surface area contributed by atoms with Crippen molar-refractivity contribution in [3.63, 3.8) is 0 Å². The number of hydrogen-bond donors (Lipinski definition) is 2. The molecule has 1 aromatic carbocycles. The summed E-state index contributed by atoms with van der Waals surface area (Å²) < 4.78 is 31.8. The highest BCUT2D eigenvalue weighted by atomic mass is 32.2. The summed E-state index contributed by atoms with van der Waals surface area (Å²) in [6, 6.07) is 6.56. The number of sulfonamides is 1. The molecule has 1 atom stereocenters. The predicted octanol–water partition coefficient (Wildman–Crippen LogP) is 1.12. The molecule has 106 valence electrons. The standard InChI is InChI=1S/C13H20N2O3S/c1-2-15-19(16,17)13-7-5-11(6-8-13)18-12-4-3-9-14-10-12/h5-8,12,14-15H,2-4,9-10H2,1H3/t12-/m0/s1. The summed E-state index contributed by atoms with van der Waals surface area (Å²) in [4.78, 5) is 0.267. The van der Waals surface area contributed by atoms with E-state index >= 15 is 0 Å². The van der Waals surface area contributed by atoms with Crippen molar-refractivity contribution >= 4 is 10.0 Å². The molecule has 1 aliphatic heterocycles. The van der Waals surface area contributed by atoms with Crippen LogP contribution in [-0.2, 0) is 10.0 Å². The second-order valence-electron chi connectivity index (χ2n) is 4.56. The third-order valence-electron chi connectivity index (χ3n) is 3.02. The molecule has 1 aromatic rings. The van der Waals surface area contributed by atoms with Crippen LogP contribution in [0.5, 0.6) is 5.75 Å². The summed E-state index contributed by atoms with van der Waals surface area (Å²) in [7, 11) is -3.38. The summed E-state index contributed by atoms with van der Waals surface area (Å²) in [6.07, 6.45) is 2.31. The number of ether oxygens (including phenoxy) is 1. The molecular formula is C13H20N2O3S. The Hall–Kier alpha value is -1.11. The van der Waals surface area contributed by atoms with Gasteiger partial charge in [-0.2, -0.15) is 0 Å². The first-order valence-electron chi connectivity index (χ1n) is 6.59. The number of benzene rings is 1. The van der Waals surface area contributed by atoms with Crippen molar-refractivity contribution in [1.29, 1.82) is 0 Å². The largest absolute Gasteiger partial charge is 0.489 e. The first-order valence-corrected chi connectivity index (χ1v) is 8.07. The SMILES string of the molecule is CCNS(=O)(=O)c1ccc(O[C@H]2CCCNC2)cc1. The molecular weight excluding hydrogens is 264 g/mol. The van der Waals surface area contributed by atoms with Gasteiger partial charge in [-0.15, -0.1) is 0 Å². The van der Waals surface area contributed by atoms with E-state index in [4.69, 9.17) is 4.74 Å². The average Bonchev–Trinajstić information content (AvgIpc) is 2.40. The zero-order valence-corrected chi connectivity index (χ0v) is 11.9. The van der Waals surface area contributed by atoms with Crippen molar-refractivity contribution < 1.29 is 13.2 Å². The highest BCUT2D eigenvalue weighted by Crippen LogP contribution is 2.18. The maximum absolute atomic E-state index is 11.8. The highest BCUT2D eigenvalue weighted by Gasteiger charge is 2.16. The molecule has 2 N–H and O–H groups in total. The molecule has 0 saturated carbocycles. The number of rotatable bonds is 5. The molecule has 0 amide bonds. The molecule has 2 rings (SSSR count). The quantitative estimate of drug-likeness (QED) is 0.850. The minimum Gasteiger partial charge on any atom is -0.489 e. The van der Waals surface area contributed by atoms with Gasteiger partial charge in [0, 0.05) is 13.1 Å². The van der Waals surface area contributed by atoms with E-state index in [2.05, 4.69) is 10.0 Å². The van der Waals surface area contributed by atoms with E-state index in [1.807, 2.05) is 0 Å². The van der Waals surface area contributed by atoms with E-state index in [1.165, 1.54) is 0 Å². The Morgan fingerprint density at radius 3 is 2.68 bits per heavy atom. The van der Waals surface area contributed by atoms with Crippen LogP contribution in [0.4, 0.5) is 0 Å².